The zero-order valence-corrected chi connectivity index (χ0v) is 13.4. The minimum absolute atomic E-state index is 0.176. The maximum absolute atomic E-state index is 6.13. The van der Waals surface area contributed by atoms with E-state index in [9.17, 15) is 0 Å². The van der Waals surface area contributed by atoms with Gasteiger partial charge in [-0.15, -0.1) is 0 Å². The first-order valence-corrected chi connectivity index (χ1v) is 8.06. The van der Waals surface area contributed by atoms with Gasteiger partial charge in [0, 0.05) is 19.6 Å². The van der Waals surface area contributed by atoms with E-state index in [1.807, 2.05) is 0 Å². The van der Waals surface area contributed by atoms with Gasteiger partial charge in [-0.1, -0.05) is 0 Å². The second kappa shape index (κ2) is 6.32. The van der Waals surface area contributed by atoms with Crippen LogP contribution in [0.15, 0.2) is 0 Å². The SMILES string of the molecule is CC1CN(c2nc(Cl)nc(N3CCCCC3)n2)C(C)CO1. The van der Waals surface area contributed by atoms with Crippen molar-refractivity contribution in [3.05, 3.63) is 5.28 Å². The van der Waals surface area contributed by atoms with Gasteiger partial charge in [0.25, 0.3) is 0 Å². The molecule has 21 heavy (non-hydrogen) atoms. The van der Waals surface area contributed by atoms with Crippen LogP contribution in [0.5, 0.6) is 0 Å². The first-order chi connectivity index (χ1) is 10.1. The van der Waals surface area contributed by atoms with E-state index in [-0.39, 0.29) is 17.4 Å². The van der Waals surface area contributed by atoms with E-state index < -0.39 is 0 Å². The van der Waals surface area contributed by atoms with Crippen molar-refractivity contribution in [1.29, 1.82) is 0 Å². The third-order valence-corrected chi connectivity index (χ3v) is 4.26. The molecule has 3 heterocycles. The third-order valence-electron chi connectivity index (χ3n) is 4.09. The molecule has 6 nitrogen and oxygen atoms in total. The van der Waals surface area contributed by atoms with Crippen LogP contribution in [0.2, 0.25) is 5.28 Å². The Kier molecular flexibility index (Phi) is 4.45. The Morgan fingerprint density at radius 2 is 1.76 bits per heavy atom. The highest BCUT2D eigenvalue weighted by atomic mass is 35.5. The Balaban J connectivity index is 1.86. The van der Waals surface area contributed by atoms with Crippen LogP contribution in [0.25, 0.3) is 0 Å². The number of nitrogens with zero attached hydrogens (tertiary/aromatic N) is 5. The molecule has 3 rings (SSSR count). The Hall–Kier alpha value is -1.14. The van der Waals surface area contributed by atoms with E-state index in [0.717, 1.165) is 19.6 Å². The van der Waals surface area contributed by atoms with Crippen molar-refractivity contribution < 1.29 is 4.74 Å². The van der Waals surface area contributed by atoms with Gasteiger partial charge in [0.05, 0.1) is 18.8 Å². The molecule has 0 saturated carbocycles. The Morgan fingerprint density at radius 3 is 2.52 bits per heavy atom. The second-order valence-electron chi connectivity index (χ2n) is 5.90. The van der Waals surface area contributed by atoms with Crippen LogP contribution < -0.4 is 9.80 Å². The topological polar surface area (TPSA) is 54.4 Å². The lowest BCUT2D eigenvalue weighted by atomic mass is 10.1. The van der Waals surface area contributed by atoms with Gasteiger partial charge in [0.1, 0.15) is 0 Å². The lowest BCUT2D eigenvalue weighted by Gasteiger charge is -2.37. The zero-order chi connectivity index (χ0) is 14.8. The fourth-order valence-electron chi connectivity index (χ4n) is 2.88. The number of halogens is 1. The van der Waals surface area contributed by atoms with Crippen LogP contribution in [0, 0.1) is 0 Å². The molecular formula is C14H22ClN5O. The zero-order valence-electron chi connectivity index (χ0n) is 12.6. The minimum atomic E-state index is 0.176. The maximum atomic E-state index is 6.13. The van der Waals surface area contributed by atoms with Gasteiger partial charge in [-0.05, 0) is 44.7 Å². The lowest BCUT2D eigenvalue weighted by molar-refractivity contribution is 0.0337. The average Bonchev–Trinajstić information content (AvgIpc) is 2.50. The van der Waals surface area contributed by atoms with Gasteiger partial charge in [-0.25, -0.2) is 0 Å². The number of aromatic nitrogens is 3. The smallest absolute Gasteiger partial charge is 0.231 e. The van der Waals surface area contributed by atoms with Gasteiger partial charge in [0.2, 0.25) is 17.2 Å². The summed E-state index contributed by atoms with van der Waals surface area (Å²) in [6, 6.07) is 0.244. The number of piperidine rings is 1. The highest BCUT2D eigenvalue weighted by Gasteiger charge is 2.27. The summed E-state index contributed by atoms with van der Waals surface area (Å²) in [5, 5.41) is 0.270. The summed E-state index contributed by atoms with van der Waals surface area (Å²) in [7, 11) is 0. The Morgan fingerprint density at radius 1 is 1.05 bits per heavy atom. The molecule has 2 fully saturated rings. The normalized spacial score (nSPS) is 27.0. The first-order valence-electron chi connectivity index (χ1n) is 7.68. The van der Waals surface area contributed by atoms with Gasteiger partial charge in [0.15, 0.2) is 0 Å². The van der Waals surface area contributed by atoms with Crippen LogP contribution >= 0.6 is 11.6 Å². The van der Waals surface area contributed by atoms with E-state index in [2.05, 4.69) is 38.6 Å². The quantitative estimate of drug-likeness (QED) is 0.834. The van der Waals surface area contributed by atoms with Crippen molar-refractivity contribution in [1.82, 2.24) is 15.0 Å². The molecule has 0 N–H and O–H groups in total. The molecule has 2 saturated heterocycles. The van der Waals surface area contributed by atoms with Crippen molar-refractivity contribution in [2.24, 2.45) is 0 Å². The highest BCUT2D eigenvalue weighted by Crippen LogP contribution is 2.23. The summed E-state index contributed by atoms with van der Waals surface area (Å²) >= 11 is 6.13. The molecule has 2 unspecified atom stereocenters. The van der Waals surface area contributed by atoms with Crippen LogP contribution in [-0.4, -0.2) is 53.3 Å². The predicted octanol–water partition coefficient (Wildman–Crippen LogP) is 2.13. The predicted molar refractivity (Wildman–Crippen MR) is 83.1 cm³/mol. The summed E-state index contributed by atoms with van der Waals surface area (Å²) in [5.41, 5.74) is 0. The molecule has 7 heteroatoms. The summed E-state index contributed by atoms with van der Waals surface area (Å²) in [4.78, 5) is 17.7. The number of morpholine rings is 1. The molecular weight excluding hydrogens is 290 g/mol. The summed E-state index contributed by atoms with van der Waals surface area (Å²) in [6.07, 6.45) is 3.82. The Labute approximate surface area is 130 Å². The van der Waals surface area contributed by atoms with E-state index in [0.29, 0.717) is 18.5 Å². The number of hydrogen-bond acceptors (Lipinski definition) is 6. The van der Waals surface area contributed by atoms with Crippen molar-refractivity contribution >= 4 is 23.5 Å². The summed E-state index contributed by atoms with van der Waals surface area (Å²) < 4.78 is 5.66. The van der Waals surface area contributed by atoms with E-state index in [1.165, 1.54) is 19.3 Å². The van der Waals surface area contributed by atoms with Gasteiger partial charge < -0.3 is 14.5 Å². The molecule has 116 valence electrons. The number of anilines is 2. The third kappa shape index (κ3) is 3.37. The fourth-order valence-corrected chi connectivity index (χ4v) is 3.03. The molecule has 2 atom stereocenters. The highest BCUT2D eigenvalue weighted by molar-refractivity contribution is 6.28. The van der Waals surface area contributed by atoms with E-state index >= 15 is 0 Å². The standard InChI is InChI=1S/C14H22ClN5O/c1-10-9-21-11(2)8-20(10)14-17-12(15)16-13(18-14)19-6-4-3-5-7-19/h10-11H,3-9H2,1-2H3. The largest absolute Gasteiger partial charge is 0.375 e. The first kappa shape index (κ1) is 14.8. The van der Waals surface area contributed by atoms with Crippen LogP contribution in [-0.2, 0) is 4.74 Å². The molecule has 2 aliphatic rings. The van der Waals surface area contributed by atoms with Gasteiger partial charge in [-0.2, -0.15) is 15.0 Å². The maximum Gasteiger partial charge on any atom is 0.231 e. The molecule has 0 spiro atoms. The second-order valence-corrected chi connectivity index (χ2v) is 6.24. The minimum Gasteiger partial charge on any atom is -0.375 e. The van der Waals surface area contributed by atoms with Crippen molar-refractivity contribution in [3.63, 3.8) is 0 Å². The fraction of sp³-hybridized carbons (Fsp3) is 0.786. The van der Waals surface area contributed by atoms with Gasteiger partial charge >= 0.3 is 0 Å². The number of rotatable bonds is 2. The summed E-state index contributed by atoms with van der Waals surface area (Å²) in [6.45, 7) is 7.63. The molecule has 1 aromatic heterocycles. The molecule has 1 aromatic rings. The molecule has 0 bridgehead atoms. The van der Waals surface area contributed by atoms with Crippen LogP contribution in [0.3, 0.4) is 0 Å². The van der Waals surface area contributed by atoms with Crippen LogP contribution in [0.4, 0.5) is 11.9 Å². The molecule has 0 amide bonds. The molecule has 2 aliphatic heterocycles. The molecule has 0 aromatic carbocycles. The number of hydrogen-bond donors (Lipinski definition) is 0. The average molecular weight is 312 g/mol. The summed E-state index contributed by atoms with van der Waals surface area (Å²) in [5.74, 6) is 1.37. The van der Waals surface area contributed by atoms with E-state index in [1.54, 1.807) is 0 Å². The van der Waals surface area contributed by atoms with Crippen molar-refractivity contribution in [2.75, 3.05) is 36.0 Å². The Bertz CT molecular complexity index is 494. The monoisotopic (exact) mass is 311 g/mol. The molecule has 0 radical (unpaired) electrons. The number of ether oxygens (including phenoxy) is 1. The van der Waals surface area contributed by atoms with Crippen LogP contribution in [0.1, 0.15) is 33.1 Å². The van der Waals surface area contributed by atoms with Crippen molar-refractivity contribution in [3.8, 4) is 0 Å². The molecule has 0 aliphatic carbocycles. The van der Waals surface area contributed by atoms with Gasteiger partial charge in [-0.3, -0.25) is 0 Å². The van der Waals surface area contributed by atoms with E-state index in [4.69, 9.17) is 16.3 Å². The van der Waals surface area contributed by atoms with Crippen molar-refractivity contribution in [2.45, 2.75) is 45.3 Å². The lowest BCUT2D eigenvalue weighted by Crippen LogP contribution is -2.48.